The van der Waals surface area contributed by atoms with Crippen molar-refractivity contribution >= 4 is 23.2 Å². The third-order valence-electron chi connectivity index (χ3n) is 5.96. The molecule has 34 heavy (non-hydrogen) atoms. The summed E-state index contributed by atoms with van der Waals surface area (Å²) in [6.45, 7) is 6.98. The molecule has 2 aromatic carbocycles. The molecule has 0 fully saturated rings. The van der Waals surface area contributed by atoms with Crippen molar-refractivity contribution in [1.82, 2.24) is 0 Å². The monoisotopic (exact) mass is 468 g/mol. The van der Waals surface area contributed by atoms with E-state index in [0.29, 0.717) is 26.2 Å². The van der Waals surface area contributed by atoms with Crippen molar-refractivity contribution in [2.75, 3.05) is 56.9 Å². The summed E-state index contributed by atoms with van der Waals surface area (Å²) in [4.78, 5) is 27.5. The summed E-state index contributed by atoms with van der Waals surface area (Å²) in [7, 11) is 3.36. The van der Waals surface area contributed by atoms with Crippen molar-refractivity contribution < 1.29 is 23.8 Å². The Morgan fingerprint density at radius 2 is 1.38 bits per heavy atom. The van der Waals surface area contributed by atoms with Gasteiger partial charge < -0.3 is 24.0 Å². The summed E-state index contributed by atoms with van der Waals surface area (Å²) < 4.78 is 15.5. The molecule has 0 aliphatic carbocycles. The molecule has 2 aromatic rings. The molecule has 0 N–H and O–H groups in total. The van der Waals surface area contributed by atoms with Crippen molar-refractivity contribution in [3.8, 4) is 5.75 Å². The van der Waals surface area contributed by atoms with Crippen LogP contribution in [0.1, 0.15) is 36.0 Å². The van der Waals surface area contributed by atoms with Gasteiger partial charge in [0.1, 0.15) is 5.75 Å². The number of carbonyl (C=O) groups excluding carboxylic acids is 2. The minimum absolute atomic E-state index is 0.0132. The number of anilines is 2. The zero-order valence-electron chi connectivity index (χ0n) is 20.8. The van der Waals surface area contributed by atoms with Crippen LogP contribution in [0.4, 0.5) is 11.4 Å². The van der Waals surface area contributed by atoms with Crippen LogP contribution < -0.4 is 14.5 Å². The van der Waals surface area contributed by atoms with Gasteiger partial charge in [0.05, 0.1) is 5.69 Å². The summed E-state index contributed by atoms with van der Waals surface area (Å²) in [5.74, 6) is 1.03. The van der Waals surface area contributed by atoms with Gasteiger partial charge in [-0.25, -0.2) is 0 Å². The van der Waals surface area contributed by atoms with E-state index < -0.39 is 0 Å². The Hall–Kier alpha value is -2.90. The Labute approximate surface area is 202 Å². The van der Waals surface area contributed by atoms with Gasteiger partial charge in [0, 0.05) is 52.6 Å². The molecule has 0 unspecified atom stereocenters. The third kappa shape index (κ3) is 6.58. The Bertz CT molecular complexity index is 911. The van der Waals surface area contributed by atoms with Crippen molar-refractivity contribution in [3.05, 3.63) is 53.1 Å². The second-order valence-electron chi connectivity index (χ2n) is 8.68. The fourth-order valence-corrected chi connectivity index (χ4v) is 4.18. The molecule has 0 saturated carbocycles. The van der Waals surface area contributed by atoms with Gasteiger partial charge in [-0.3, -0.25) is 9.59 Å². The number of fused-ring (bicyclic) bond motifs is 2. The molecule has 184 valence electrons. The van der Waals surface area contributed by atoms with E-state index in [-0.39, 0.29) is 18.4 Å². The number of amides is 2. The van der Waals surface area contributed by atoms with Crippen LogP contribution in [0.25, 0.3) is 0 Å². The maximum Gasteiger partial charge on any atom is 0.265 e. The van der Waals surface area contributed by atoms with Crippen LogP contribution in [0, 0.1) is 13.8 Å². The van der Waals surface area contributed by atoms with E-state index in [1.54, 1.807) is 19.1 Å². The summed E-state index contributed by atoms with van der Waals surface area (Å²) in [6, 6.07) is 12.3. The van der Waals surface area contributed by atoms with E-state index in [4.69, 9.17) is 14.2 Å². The molecule has 2 aliphatic heterocycles. The van der Waals surface area contributed by atoms with Crippen LogP contribution in [-0.4, -0.2) is 58.9 Å². The van der Waals surface area contributed by atoms with Crippen LogP contribution in [0.2, 0.25) is 0 Å². The number of nitrogens with zero attached hydrogens (tertiary/aromatic N) is 2. The molecule has 2 amide bonds. The molecule has 4 rings (SSSR count). The molecule has 7 heteroatoms. The van der Waals surface area contributed by atoms with Crippen LogP contribution in [0.3, 0.4) is 0 Å². The maximum atomic E-state index is 11.9. The lowest BCUT2D eigenvalue weighted by Crippen LogP contribution is -2.39. The number of carbonyl (C=O) groups is 2. The van der Waals surface area contributed by atoms with Crippen molar-refractivity contribution in [1.29, 1.82) is 0 Å². The normalized spacial score (nSPS) is 14.7. The number of ether oxygens (including phenoxy) is 3. The van der Waals surface area contributed by atoms with Gasteiger partial charge in [0.2, 0.25) is 5.91 Å². The topological polar surface area (TPSA) is 68.3 Å². The standard InChI is InChI=1S/C14H19NO2.C13H17NO3/c1-11-4-5-12-6-7-14(16)15(13(12)10-11)8-3-9-17-2;1-10-4-5-12-11(8-10)14(6-3-7-16-2)13(15)9-17-12/h4-5,10H,3,6-9H2,1-2H3;4-5,8H,3,6-7,9H2,1-2H3. The number of hydrogen-bond acceptors (Lipinski definition) is 5. The lowest BCUT2D eigenvalue weighted by molar-refractivity contribution is -0.121. The lowest BCUT2D eigenvalue weighted by Gasteiger charge is -2.29. The molecule has 0 aromatic heterocycles. The Morgan fingerprint density at radius 1 is 0.794 bits per heavy atom. The Balaban J connectivity index is 0.000000191. The zero-order chi connectivity index (χ0) is 24.5. The van der Waals surface area contributed by atoms with Gasteiger partial charge in [0.15, 0.2) is 6.61 Å². The number of benzene rings is 2. The lowest BCUT2D eigenvalue weighted by atomic mass is 9.99. The van der Waals surface area contributed by atoms with Gasteiger partial charge in [-0.05, 0) is 68.0 Å². The third-order valence-corrected chi connectivity index (χ3v) is 5.96. The molecule has 0 bridgehead atoms. The number of hydrogen-bond donors (Lipinski definition) is 0. The minimum atomic E-state index is 0.0132. The van der Waals surface area contributed by atoms with Gasteiger partial charge >= 0.3 is 0 Å². The van der Waals surface area contributed by atoms with Crippen LogP contribution >= 0.6 is 0 Å². The molecule has 7 nitrogen and oxygen atoms in total. The van der Waals surface area contributed by atoms with E-state index in [1.807, 2.05) is 30.0 Å². The molecular weight excluding hydrogens is 432 g/mol. The highest BCUT2D eigenvalue weighted by molar-refractivity contribution is 5.98. The molecule has 2 heterocycles. The van der Waals surface area contributed by atoms with E-state index >= 15 is 0 Å². The number of methoxy groups -OCH3 is 2. The van der Waals surface area contributed by atoms with E-state index in [2.05, 4.69) is 25.1 Å². The number of rotatable bonds is 8. The highest BCUT2D eigenvalue weighted by atomic mass is 16.5. The minimum Gasteiger partial charge on any atom is -0.482 e. The summed E-state index contributed by atoms with van der Waals surface area (Å²) in [5, 5.41) is 0. The zero-order valence-corrected chi connectivity index (χ0v) is 20.8. The first-order valence-electron chi connectivity index (χ1n) is 11.9. The number of aryl methyl sites for hydroxylation is 3. The highest BCUT2D eigenvalue weighted by Crippen LogP contribution is 2.33. The van der Waals surface area contributed by atoms with E-state index in [0.717, 1.165) is 48.5 Å². The van der Waals surface area contributed by atoms with Gasteiger partial charge in [-0.2, -0.15) is 0 Å². The summed E-state index contributed by atoms with van der Waals surface area (Å²) in [5.41, 5.74) is 5.58. The van der Waals surface area contributed by atoms with Crippen LogP contribution in [0.15, 0.2) is 36.4 Å². The SMILES string of the molecule is COCCCN1C(=O)CCc2ccc(C)cc21.COCCCN1C(=O)COc2ccc(C)cc21. The fraction of sp³-hybridized carbons (Fsp3) is 0.481. The van der Waals surface area contributed by atoms with Gasteiger partial charge in [-0.1, -0.05) is 18.2 Å². The predicted octanol–water partition coefficient (Wildman–Crippen LogP) is 4.07. The van der Waals surface area contributed by atoms with E-state index in [9.17, 15) is 9.59 Å². The van der Waals surface area contributed by atoms with Crippen molar-refractivity contribution in [3.63, 3.8) is 0 Å². The molecule has 0 saturated heterocycles. The maximum absolute atomic E-state index is 11.9. The summed E-state index contributed by atoms with van der Waals surface area (Å²) in [6.07, 6.45) is 3.21. The Morgan fingerprint density at radius 3 is 2.03 bits per heavy atom. The molecule has 0 radical (unpaired) electrons. The van der Waals surface area contributed by atoms with Crippen LogP contribution in [-0.2, 0) is 25.5 Å². The molecule has 0 atom stereocenters. The second kappa shape index (κ2) is 12.5. The quantitative estimate of drug-likeness (QED) is 0.547. The van der Waals surface area contributed by atoms with Gasteiger partial charge in [0.25, 0.3) is 5.91 Å². The van der Waals surface area contributed by atoms with Crippen molar-refractivity contribution in [2.45, 2.75) is 39.5 Å². The second-order valence-corrected chi connectivity index (χ2v) is 8.68. The molecular formula is C27H36N2O5. The van der Waals surface area contributed by atoms with Gasteiger partial charge in [-0.15, -0.1) is 0 Å². The first-order valence-corrected chi connectivity index (χ1v) is 11.9. The van der Waals surface area contributed by atoms with E-state index in [1.165, 1.54) is 11.1 Å². The fourth-order valence-electron chi connectivity index (χ4n) is 4.18. The predicted molar refractivity (Wildman–Crippen MR) is 134 cm³/mol. The average molecular weight is 469 g/mol. The molecule has 2 aliphatic rings. The average Bonchev–Trinajstić information content (AvgIpc) is 2.82. The first kappa shape index (κ1) is 25.7. The smallest absolute Gasteiger partial charge is 0.265 e. The highest BCUT2D eigenvalue weighted by Gasteiger charge is 2.25. The first-order chi connectivity index (χ1) is 16.4. The molecule has 0 spiro atoms. The largest absolute Gasteiger partial charge is 0.482 e. The summed E-state index contributed by atoms with van der Waals surface area (Å²) >= 11 is 0. The van der Waals surface area contributed by atoms with Crippen molar-refractivity contribution in [2.24, 2.45) is 0 Å². The Kier molecular flexibility index (Phi) is 9.48. The van der Waals surface area contributed by atoms with Crippen LogP contribution in [0.5, 0.6) is 5.75 Å².